The van der Waals surface area contributed by atoms with Crippen molar-refractivity contribution in [2.75, 3.05) is 0 Å². The highest BCUT2D eigenvalue weighted by atomic mass is 79.9. The smallest absolute Gasteiger partial charge is 0.251 e. The van der Waals surface area contributed by atoms with E-state index in [1.807, 2.05) is 0 Å². The molecule has 0 saturated heterocycles. The van der Waals surface area contributed by atoms with Gasteiger partial charge in [-0.25, -0.2) is 0 Å². The monoisotopic (exact) mass is 299 g/mol. The summed E-state index contributed by atoms with van der Waals surface area (Å²) in [5, 5.41) is 3.53. The lowest BCUT2D eigenvalue weighted by atomic mass is 10.2. The van der Waals surface area contributed by atoms with Gasteiger partial charge in [0.05, 0.1) is 0 Å². The van der Waals surface area contributed by atoms with Crippen LogP contribution in [0.4, 0.5) is 0 Å². The molecule has 1 aromatic carbocycles. The number of nitrogens with one attached hydrogen (secondary N) is 1. The van der Waals surface area contributed by atoms with Crippen LogP contribution in [0.15, 0.2) is 34.8 Å². The molecule has 0 radical (unpaired) electrons. The largest absolute Gasteiger partial charge is 0.349 e. The molecule has 1 amide bonds. The Labute approximate surface area is 108 Å². The lowest BCUT2D eigenvalue weighted by molar-refractivity contribution is 0.0939. The standard InChI is InChI=1S/C12H11BrClNO/c13-9-5-8(6-10(14)7-9)12(16)15-11-3-1-2-4-11/h1-2,5-7,11H,3-4H2,(H,15,16). The first-order valence-corrected chi connectivity index (χ1v) is 6.24. The van der Waals surface area contributed by atoms with Crippen LogP contribution in [0.2, 0.25) is 5.02 Å². The highest BCUT2D eigenvalue weighted by Gasteiger charge is 2.15. The second kappa shape index (κ2) is 5.02. The molecule has 1 aliphatic carbocycles. The molecule has 0 bridgehead atoms. The van der Waals surface area contributed by atoms with Gasteiger partial charge in [-0.2, -0.15) is 0 Å². The molecular formula is C12H11BrClNO. The lowest BCUT2D eigenvalue weighted by Gasteiger charge is -2.12. The molecule has 0 unspecified atom stereocenters. The van der Waals surface area contributed by atoms with Crippen molar-refractivity contribution in [1.82, 2.24) is 5.32 Å². The van der Waals surface area contributed by atoms with E-state index in [1.165, 1.54) is 0 Å². The summed E-state index contributed by atoms with van der Waals surface area (Å²) in [4.78, 5) is 11.9. The van der Waals surface area contributed by atoms with Crippen molar-refractivity contribution >= 4 is 33.4 Å². The molecule has 84 valence electrons. The van der Waals surface area contributed by atoms with Crippen molar-refractivity contribution in [2.45, 2.75) is 18.9 Å². The van der Waals surface area contributed by atoms with E-state index in [1.54, 1.807) is 18.2 Å². The van der Waals surface area contributed by atoms with Crippen molar-refractivity contribution in [3.05, 3.63) is 45.4 Å². The van der Waals surface area contributed by atoms with Crippen molar-refractivity contribution in [3.63, 3.8) is 0 Å². The second-order valence-electron chi connectivity index (χ2n) is 3.77. The number of amides is 1. The fourth-order valence-electron chi connectivity index (χ4n) is 1.69. The van der Waals surface area contributed by atoms with E-state index < -0.39 is 0 Å². The first kappa shape index (κ1) is 11.7. The minimum atomic E-state index is -0.0723. The fraction of sp³-hybridized carbons (Fsp3) is 0.250. The zero-order valence-corrected chi connectivity index (χ0v) is 10.9. The van der Waals surface area contributed by atoms with Gasteiger partial charge in [0.15, 0.2) is 0 Å². The van der Waals surface area contributed by atoms with Crippen LogP contribution in [0.5, 0.6) is 0 Å². The molecule has 4 heteroatoms. The van der Waals surface area contributed by atoms with Gasteiger partial charge >= 0.3 is 0 Å². The van der Waals surface area contributed by atoms with Crippen molar-refractivity contribution in [2.24, 2.45) is 0 Å². The summed E-state index contributed by atoms with van der Waals surface area (Å²) in [5.41, 5.74) is 0.589. The van der Waals surface area contributed by atoms with Gasteiger partial charge in [-0.15, -0.1) is 0 Å². The zero-order valence-electron chi connectivity index (χ0n) is 8.54. The maximum absolute atomic E-state index is 11.9. The van der Waals surface area contributed by atoms with Crippen LogP contribution >= 0.6 is 27.5 Å². The minimum absolute atomic E-state index is 0.0723. The molecule has 2 rings (SSSR count). The zero-order chi connectivity index (χ0) is 11.5. The van der Waals surface area contributed by atoms with E-state index in [0.29, 0.717) is 10.6 Å². The Morgan fingerprint density at radius 2 is 2.00 bits per heavy atom. The second-order valence-corrected chi connectivity index (χ2v) is 5.12. The molecule has 0 heterocycles. The Morgan fingerprint density at radius 3 is 2.62 bits per heavy atom. The van der Waals surface area contributed by atoms with E-state index in [0.717, 1.165) is 17.3 Å². The third-order valence-electron chi connectivity index (χ3n) is 2.47. The summed E-state index contributed by atoms with van der Waals surface area (Å²) in [6, 6.07) is 5.42. The molecule has 2 nitrogen and oxygen atoms in total. The number of halogens is 2. The molecule has 0 saturated carbocycles. The van der Waals surface area contributed by atoms with Gasteiger partial charge in [-0.3, -0.25) is 4.79 Å². The van der Waals surface area contributed by atoms with Crippen molar-refractivity contribution in [3.8, 4) is 0 Å². The topological polar surface area (TPSA) is 29.1 Å². The summed E-state index contributed by atoms with van der Waals surface area (Å²) < 4.78 is 0.815. The van der Waals surface area contributed by atoms with Gasteiger partial charge in [0.1, 0.15) is 0 Å². The number of carbonyl (C=O) groups is 1. The molecular weight excluding hydrogens is 289 g/mol. The van der Waals surface area contributed by atoms with Gasteiger partial charge in [-0.1, -0.05) is 39.7 Å². The summed E-state index contributed by atoms with van der Waals surface area (Å²) in [7, 11) is 0. The average Bonchev–Trinajstić information content (AvgIpc) is 2.68. The maximum Gasteiger partial charge on any atom is 0.251 e. The van der Waals surface area contributed by atoms with Crippen LogP contribution in [0.25, 0.3) is 0 Å². The Kier molecular flexibility index (Phi) is 3.66. The average molecular weight is 301 g/mol. The summed E-state index contributed by atoms with van der Waals surface area (Å²) in [5.74, 6) is -0.0723. The van der Waals surface area contributed by atoms with Gasteiger partial charge < -0.3 is 5.32 Å². The van der Waals surface area contributed by atoms with Gasteiger partial charge in [-0.05, 0) is 31.0 Å². The summed E-state index contributed by atoms with van der Waals surface area (Å²) in [6.07, 6.45) is 5.98. The molecule has 1 aliphatic rings. The number of hydrogen-bond donors (Lipinski definition) is 1. The van der Waals surface area contributed by atoms with E-state index in [4.69, 9.17) is 11.6 Å². The highest BCUT2D eigenvalue weighted by molar-refractivity contribution is 9.10. The number of hydrogen-bond acceptors (Lipinski definition) is 1. The van der Waals surface area contributed by atoms with E-state index in [9.17, 15) is 4.79 Å². The van der Waals surface area contributed by atoms with E-state index >= 15 is 0 Å². The lowest BCUT2D eigenvalue weighted by Crippen LogP contribution is -2.32. The van der Waals surface area contributed by atoms with Crippen LogP contribution < -0.4 is 5.32 Å². The van der Waals surface area contributed by atoms with Crippen LogP contribution in [0.3, 0.4) is 0 Å². The predicted octanol–water partition coefficient (Wildman–Crippen LogP) is 3.55. The fourth-order valence-corrected chi connectivity index (χ4v) is 2.55. The van der Waals surface area contributed by atoms with E-state index in [2.05, 4.69) is 33.4 Å². The molecule has 0 fully saturated rings. The van der Waals surface area contributed by atoms with Crippen LogP contribution in [0.1, 0.15) is 23.2 Å². The Hall–Kier alpha value is -0.800. The predicted molar refractivity (Wildman–Crippen MR) is 68.8 cm³/mol. The normalized spacial score (nSPS) is 15.4. The molecule has 1 N–H and O–H groups in total. The molecule has 1 aromatic rings. The Balaban J connectivity index is 2.08. The third kappa shape index (κ3) is 2.86. The SMILES string of the molecule is O=C(NC1CC=CC1)c1cc(Cl)cc(Br)c1. The van der Waals surface area contributed by atoms with Crippen molar-refractivity contribution in [1.29, 1.82) is 0 Å². The third-order valence-corrected chi connectivity index (χ3v) is 3.14. The number of benzene rings is 1. The first-order valence-electron chi connectivity index (χ1n) is 5.07. The summed E-state index contributed by atoms with van der Waals surface area (Å²) in [6.45, 7) is 0. The molecule has 0 spiro atoms. The minimum Gasteiger partial charge on any atom is -0.349 e. The van der Waals surface area contributed by atoms with Crippen molar-refractivity contribution < 1.29 is 4.79 Å². The summed E-state index contributed by atoms with van der Waals surface area (Å²) >= 11 is 9.21. The Morgan fingerprint density at radius 1 is 1.31 bits per heavy atom. The van der Waals surface area contributed by atoms with Gasteiger partial charge in [0.25, 0.3) is 5.91 Å². The number of carbonyl (C=O) groups excluding carboxylic acids is 1. The van der Waals surface area contributed by atoms with Crippen LogP contribution in [0, 0.1) is 0 Å². The highest BCUT2D eigenvalue weighted by Crippen LogP contribution is 2.20. The quantitative estimate of drug-likeness (QED) is 0.832. The van der Waals surface area contributed by atoms with Crippen LogP contribution in [-0.4, -0.2) is 11.9 Å². The van der Waals surface area contributed by atoms with Crippen LogP contribution in [-0.2, 0) is 0 Å². The van der Waals surface area contributed by atoms with E-state index in [-0.39, 0.29) is 11.9 Å². The molecule has 0 aromatic heterocycles. The molecule has 0 aliphatic heterocycles. The van der Waals surface area contributed by atoms with Gasteiger partial charge in [0.2, 0.25) is 0 Å². The maximum atomic E-state index is 11.9. The van der Waals surface area contributed by atoms with Gasteiger partial charge in [0, 0.05) is 21.1 Å². The first-order chi connectivity index (χ1) is 7.65. The molecule has 16 heavy (non-hydrogen) atoms. The number of rotatable bonds is 2. The molecule has 0 atom stereocenters. The Bertz CT molecular complexity index is 416.